The van der Waals surface area contributed by atoms with E-state index in [1.54, 1.807) is 24.3 Å². The van der Waals surface area contributed by atoms with Crippen LogP contribution in [-0.4, -0.2) is 18.0 Å². The summed E-state index contributed by atoms with van der Waals surface area (Å²) < 4.78 is 10.1. The number of nitro groups is 1. The Kier molecular flexibility index (Phi) is 6.76. The molecule has 0 heterocycles. The second-order valence-electron chi connectivity index (χ2n) is 4.51. The van der Waals surface area contributed by atoms with E-state index in [0.29, 0.717) is 17.2 Å². The molecule has 0 unspecified atom stereocenters. The molecule has 0 bridgehead atoms. The third-order valence-corrected chi connectivity index (χ3v) is 2.91. The number of ether oxygens (including phenoxy) is 2. The molecule has 0 aromatic heterocycles. The van der Waals surface area contributed by atoms with Crippen molar-refractivity contribution >= 4 is 35.8 Å². The Hall–Kier alpha value is -3.06. The molecule has 0 saturated heterocycles. The summed E-state index contributed by atoms with van der Waals surface area (Å²) in [6, 6.07) is 11.0. The molecule has 0 fully saturated rings. The fraction of sp³-hybridized carbons (Fsp3) is 0.0625. The third-order valence-electron chi connectivity index (χ3n) is 2.91. The maximum atomic E-state index is 11.2. The number of benzene rings is 2. The van der Waals surface area contributed by atoms with E-state index in [4.69, 9.17) is 10.5 Å². The fourth-order valence-corrected chi connectivity index (χ4v) is 1.79. The third kappa shape index (κ3) is 4.99. The number of nitrogen functional groups attached to an aromatic ring is 1. The molecule has 126 valence electrons. The van der Waals surface area contributed by atoms with Crippen LogP contribution < -0.4 is 10.5 Å². The van der Waals surface area contributed by atoms with Gasteiger partial charge in [-0.1, -0.05) is 0 Å². The number of methoxy groups -OCH3 is 1. The number of nitro benzene ring substituents is 1. The summed E-state index contributed by atoms with van der Waals surface area (Å²) in [5, 5.41) is 11.0. The number of nitrogens with zero attached hydrogens (tertiary/aromatic N) is 1. The lowest BCUT2D eigenvalue weighted by Crippen LogP contribution is -1.96. The van der Waals surface area contributed by atoms with Crippen LogP contribution >= 0.6 is 12.4 Å². The first-order valence-corrected chi connectivity index (χ1v) is 6.57. The van der Waals surface area contributed by atoms with Crippen LogP contribution in [0.25, 0.3) is 6.08 Å². The van der Waals surface area contributed by atoms with Gasteiger partial charge in [0.2, 0.25) is 0 Å². The Labute approximate surface area is 144 Å². The Bertz CT molecular complexity index is 760. The molecule has 8 heteroatoms. The molecule has 0 amide bonds. The van der Waals surface area contributed by atoms with Crippen molar-refractivity contribution in [1.82, 2.24) is 0 Å². The molecule has 0 spiro atoms. The summed E-state index contributed by atoms with van der Waals surface area (Å²) >= 11 is 0. The number of hydrogen-bond acceptors (Lipinski definition) is 6. The van der Waals surface area contributed by atoms with Crippen LogP contribution in [0.2, 0.25) is 0 Å². The SMILES string of the molecule is COC(=O)C=Cc1cc(Oc2ccc(N)cc2)ccc1[N+](=O)[O-].Cl. The van der Waals surface area contributed by atoms with Gasteiger partial charge in [-0.25, -0.2) is 4.79 Å². The van der Waals surface area contributed by atoms with Crippen LogP contribution in [0.4, 0.5) is 11.4 Å². The lowest BCUT2D eigenvalue weighted by Gasteiger charge is -2.07. The molecule has 2 aromatic rings. The topological polar surface area (TPSA) is 105 Å². The van der Waals surface area contributed by atoms with E-state index >= 15 is 0 Å². The number of carbonyl (C=O) groups is 1. The zero-order chi connectivity index (χ0) is 16.8. The summed E-state index contributed by atoms with van der Waals surface area (Å²) in [6.45, 7) is 0. The van der Waals surface area contributed by atoms with Crippen molar-refractivity contribution < 1.29 is 19.2 Å². The zero-order valence-corrected chi connectivity index (χ0v) is 13.5. The highest BCUT2D eigenvalue weighted by Gasteiger charge is 2.13. The summed E-state index contributed by atoms with van der Waals surface area (Å²) in [4.78, 5) is 21.7. The molecule has 0 aliphatic carbocycles. The van der Waals surface area contributed by atoms with Crippen LogP contribution in [0.15, 0.2) is 48.5 Å². The highest BCUT2D eigenvalue weighted by molar-refractivity contribution is 5.88. The van der Waals surface area contributed by atoms with E-state index in [9.17, 15) is 14.9 Å². The van der Waals surface area contributed by atoms with Crippen LogP contribution in [0.1, 0.15) is 5.56 Å². The predicted molar refractivity (Wildman–Crippen MR) is 92.3 cm³/mol. The first-order chi connectivity index (χ1) is 11.0. The van der Waals surface area contributed by atoms with Crippen LogP contribution in [0.5, 0.6) is 11.5 Å². The van der Waals surface area contributed by atoms with E-state index in [-0.39, 0.29) is 23.7 Å². The first kappa shape index (κ1) is 19.0. The Balaban J connectivity index is 0.00000288. The van der Waals surface area contributed by atoms with Gasteiger partial charge in [0.1, 0.15) is 11.5 Å². The Morgan fingerprint density at radius 3 is 2.38 bits per heavy atom. The molecule has 0 aliphatic heterocycles. The van der Waals surface area contributed by atoms with Gasteiger partial charge in [0.25, 0.3) is 5.69 Å². The van der Waals surface area contributed by atoms with Crippen LogP contribution in [0.3, 0.4) is 0 Å². The van der Waals surface area contributed by atoms with Crippen molar-refractivity contribution in [3.63, 3.8) is 0 Å². The van der Waals surface area contributed by atoms with Gasteiger partial charge in [0.15, 0.2) is 0 Å². The highest BCUT2D eigenvalue weighted by Crippen LogP contribution is 2.29. The monoisotopic (exact) mass is 350 g/mol. The molecule has 2 N–H and O–H groups in total. The molecule has 2 aromatic carbocycles. The predicted octanol–water partition coefficient (Wildman–Crippen LogP) is 3.58. The average Bonchev–Trinajstić information content (AvgIpc) is 2.54. The highest BCUT2D eigenvalue weighted by atomic mass is 35.5. The van der Waals surface area contributed by atoms with Crippen molar-refractivity contribution in [1.29, 1.82) is 0 Å². The van der Waals surface area contributed by atoms with E-state index in [2.05, 4.69) is 4.74 Å². The van der Waals surface area contributed by atoms with Gasteiger partial charge in [-0.3, -0.25) is 10.1 Å². The second kappa shape index (κ2) is 8.54. The molecule has 0 saturated carbocycles. The number of esters is 1. The zero-order valence-electron chi connectivity index (χ0n) is 12.7. The molecule has 0 aliphatic rings. The summed E-state index contributed by atoms with van der Waals surface area (Å²) in [6.07, 6.45) is 2.41. The van der Waals surface area contributed by atoms with Gasteiger partial charge >= 0.3 is 5.97 Å². The summed E-state index contributed by atoms with van der Waals surface area (Å²) in [7, 11) is 1.22. The maximum Gasteiger partial charge on any atom is 0.330 e. The molecule has 2 rings (SSSR count). The lowest BCUT2D eigenvalue weighted by atomic mass is 10.1. The molecule has 0 radical (unpaired) electrons. The minimum Gasteiger partial charge on any atom is -0.466 e. The van der Waals surface area contributed by atoms with E-state index in [0.717, 1.165) is 6.08 Å². The standard InChI is InChI=1S/C16H14N2O5.ClH/c1-22-16(19)9-2-11-10-14(7-8-15(11)18(20)21)23-13-5-3-12(17)4-6-13;/h2-10H,17H2,1H3;1H. The quantitative estimate of drug-likeness (QED) is 0.290. The van der Waals surface area contributed by atoms with Crippen molar-refractivity contribution in [3.8, 4) is 11.5 Å². The Morgan fingerprint density at radius 2 is 1.79 bits per heavy atom. The van der Waals surface area contributed by atoms with Crippen LogP contribution in [-0.2, 0) is 9.53 Å². The fourth-order valence-electron chi connectivity index (χ4n) is 1.79. The summed E-state index contributed by atoms with van der Waals surface area (Å²) in [5.74, 6) is 0.324. The van der Waals surface area contributed by atoms with Crippen molar-refractivity contribution in [2.24, 2.45) is 0 Å². The molecule has 24 heavy (non-hydrogen) atoms. The smallest absolute Gasteiger partial charge is 0.330 e. The number of nitrogens with two attached hydrogens (primary N) is 1. The summed E-state index contributed by atoms with van der Waals surface area (Å²) in [5.41, 5.74) is 6.28. The lowest BCUT2D eigenvalue weighted by molar-refractivity contribution is -0.385. The first-order valence-electron chi connectivity index (χ1n) is 6.57. The number of anilines is 1. The minimum absolute atomic E-state index is 0. The van der Waals surface area contributed by atoms with Gasteiger partial charge in [-0.05, 0) is 42.5 Å². The van der Waals surface area contributed by atoms with Gasteiger partial charge in [0, 0.05) is 17.8 Å². The maximum absolute atomic E-state index is 11.2. The number of rotatable bonds is 5. The van der Waals surface area contributed by atoms with Crippen molar-refractivity contribution in [2.75, 3.05) is 12.8 Å². The van der Waals surface area contributed by atoms with Gasteiger partial charge in [-0.15, -0.1) is 12.4 Å². The second-order valence-corrected chi connectivity index (χ2v) is 4.51. The van der Waals surface area contributed by atoms with Gasteiger partial charge in [-0.2, -0.15) is 0 Å². The average molecular weight is 351 g/mol. The Morgan fingerprint density at radius 1 is 1.17 bits per heavy atom. The van der Waals surface area contributed by atoms with E-state index in [1.165, 1.54) is 31.4 Å². The molecular formula is C16H15ClN2O5. The number of carbonyl (C=O) groups excluding carboxylic acids is 1. The van der Waals surface area contributed by atoms with Crippen molar-refractivity contribution in [2.45, 2.75) is 0 Å². The minimum atomic E-state index is -0.607. The largest absolute Gasteiger partial charge is 0.466 e. The number of hydrogen-bond donors (Lipinski definition) is 1. The normalized spacial score (nSPS) is 10.0. The molecule has 0 atom stereocenters. The van der Waals surface area contributed by atoms with Gasteiger partial charge in [0.05, 0.1) is 17.6 Å². The molecular weight excluding hydrogens is 336 g/mol. The van der Waals surface area contributed by atoms with E-state index in [1.807, 2.05) is 0 Å². The molecule has 7 nitrogen and oxygen atoms in total. The van der Waals surface area contributed by atoms with Gasteiger partial charge < -0.3 is 15.2 Å². The van der Waals surface area contributed by atoms with E-state index < -0.39 is 10.9 Å². The van der Waals surface area contributed by atoms with Crippen LogP contribution in [0, 0.1) is 10.1 Å². The van der Waals surface area contributed by atoms with Crippen molar-refractivity contribution in [3.05, 3.63) is 64.2 Å². The number of halogens is 1.